The fourth-order valence-electron chi connectivity index (χ4n) is 2.60. The average molecular weight is 253 g/mol. The van der Waals surface area contributed by atoms with Gasteiger partial charge in [-0.25, -0.2) is 4.79 Å². The SMILES string of the molecule is C/C=C/CC(NC(=O)C1(CC)CCCC1)C(=O)O. The van der Waals surface area contributed by atoms with Crippen molar-refractivity contribution in [3.63, 3.8) is 0 Å². The van der Waals surface area contributed by atoms with Crippen LogP contribution >= 0.6 is 0 Å². The predicted molar refractivity (Wildman–Crippen MR) is 70.2 cm³/mol. The van der Waals surface area contributed by atoms with Gasteiger partial charge in [0.25, 0.3) is 0 Å². The van der Waals surface area contributed by atoms with Gasteiger partial charge in [-0.1, -0.05) is 31.9 Å². The van der Waals surface area contributed by atoms with Crippen LogP contribution in [0.25, 0.3) is 0 Å². The van der Waals surface area contributed by atoms with Crippen molar-refractivity contribution >= 4 is 11.9 Å². The molecule has 0 spiro atoms. The van der Waals surface area contributed by atoms with E-state index in [0.29, 0.717) is 6.42 Å². The molecule has 0 aromatic carbocycles. The lowest BCUT2D eigenvalue weighted by Crippen LogP contribution is -2.47. The van der Waals surface area contributed by atoms with Crippen LogP contribution in [0, 0.1) is 5.41 Å². The van der Waals surface area contributed by atoms with E-state index in [1.54, 1.807) is 12.2 Å². The lowest BCUT2D eigenvalue weighted by molar-refractivity contribution is -0.143. The number of amides is 1. The summed E-state index contributed by atoms with van der Waals surface area (Å²) in [5.74, 6) is -1.05. The summed E-state index contributed by atoms with van der Waals surface area (Å²) in [6, 6.07) is -0.808. The van der Waals surface area contributed by atoms with Gasteiger partial charge in [-0.3, -0.25) is 4.79 Å². The van der Waals surface area contributed by atoms with Gasteiger partial charge in [0.2, 0.25) is 5.91 Å². The van der Waals surface area contributed by atoms with Crippen LogP contribution in [0.4, 0.5) is 0 Å². The smallest absolute Gasteiger partial charge is 0.326 e. The molecule has 0 saturated heterocycles. The van der Waals surface area contributed by atoms with Gasteiger partial charge in [-0.2, -0.15) is 0 Å². The van der Waals surface area contributed by atoms with Crippen LogP contribution < -0.4 is 5.32 Å². The molecule has 1 aliphatic carbocycles. The van der Waals surface area contributed by atoms with Crippen molar-refractivity contribution in [2.45, 2.75) is 58.4 Å². The van der Waals surface area contributed by atoms with Gasteiger partial charge < -0.3 is 10.4 Å². The van der Waals surface area contributed by atoms with Gasteiger partial charge >= 0.3 is 5.97 Å². The van der Waals surface area contributed by atoms with E-state index in [1.807, 2.05) is 13.8 Å². The van der Waals surface area contributed by atoms with Crippen LogP contribution in [0.2, 0.25) is 0 Å². The molecule has 0 radical (unpaired) electrons. The number of carboxylic acids is 1. The molecule has 1 atom stereocenters. The van der Waals surface area contributed by atoms with Gasteiger partial charge in [0.15, 0.2) is 0 Å². The summed E-state index contributed by atoms with van der Waals surface area (Å²) in [6.07, 6.45) is 8.59. The first kappa shape index (κ1) is 14.7. The van der Waals surface area contributed by atoms with E-state index in [-0.39, 0.29) is 11.3 Å². The second kappa shape index (κ2) is 6.57. The van der Waals surface area contributed by atoms with E-state index in [4.69, 9.17) is 5.11 Å². The summed E-state index contributed by atoms with van der Waals surface area (Å²) in [4.78, 5) is 23.4. The summed E-state index contributed by atoms with van der Waals surface area (Å²) in [5, 5.41) is 11.8. The Hall–Kier alpha value is -1.32. The Morgan fingerprint density at radius 1 is 1.39 bits per heavy atom. The van der Waals surface area contributed by atoms with Crippen LogP contribution in [0.3, 0.4) is 0 Å². The molecule has 2 N–H and O–H groups in total. The molecule has 1 unspecified atom stereocenters. The first-order valence-corrected chi connectivity index (χ1v) is 6.70. The third-order valence-electron chi connectivity index (χ3n) is 3.93. The van der Waals surface area contributed by atoms with Crippen molar-refractivity contribution in [3.05, 3.63) is 12.2 Å². The number of carboxylic acid groups (broad SMARTS) is 1. The minimum absolute atomic E-state index is 0.0839. The van der Waals surface area contributed by atoms with Gasteiger partial charge in [0, 0.05) is 5.41 Å². The number of rotatable bonds is 6. The van der Waals surface area contributed by atoms with Crippen molar-refractivity contribution < 1.29 is 14.7 Å². The molecule has 0 bridgehead atoms. The van der Waals surface area contributed by atoms with Crippen molar-refractivity contribution in [1.29, 1.82) is 0 Å². The lowest BCUT2D eigenvalue weighted by Gasteiger charge is -2.27. The molecule has 0 aromatic rings. The van der Waals surface area contributed by atoms with Crippen LogP contribution in [0.1, 0.15) is 52.4 Å². The zero-order chi connectivity index (χ0) is 13.6. The van der Waals surface area contributed by atoms with Crippen LogP contribution in [-0.2, 0) is 9.59 Å². The molecule has 1 amide bonds. The Bertz CT molecular complexity index is 330. The number of aliphatic carboxylic acids is 1. The monoisotopic (exact) mass is 253 g/mol. The number of nitrogens with one attached hydrogen (secondary N) is 1. The molecule has 4 nitrogen and oxygen atoms in total. The molecule has 1 fully saturated rings. The van der Waals surface area contributed by atoms with Crippen LogP contribution in [0.15, 0.2) is 12.2 Å². The highest BCUT2D eigenvalue weighted by atomic mass is 16.4. The van der Waals surface area contributed by atoms with E-state index >= 15 is 0 Å². The van der Waals surface area contributed by atoms with Gasteiger partial charge in [0.05, 0.1) is 0 Å². The maximum Gasteiger partial charge on any atom is 0.326 e. The Morgan fingerprint density at radius 3 is 2.44 bits per heavy atom. The fourth-order valence-corrected chi connectivity index (χ4v) is 2.60. The third-order valence-corrected chi connectivity index (χ3v) is 3.93. The van der Waals surface area contributed by atoms with E-state index in [1.165, 1.54) is 0 Å². The number of carbonyl (C=O) groups is 2. The Labute approximate surface area is 108 Å². The van der Waals surface area contributed by atoms with Crippen molar-refractivity contribution in [3.8, 4) is 0 Å². The lowest BCUT2D eigenvalue weighted by atomic mass is 9.82. The molecule has 1 saturated carbocycles. The Morgan fingerprint density at radius 2 is 2.00 bits per heavy atom. The standard InChI is InChI=1S/C14H23NO3/c1-3-5-8-11(12(16)17)15-13(18)14(4-2)9-6-7-10-14/h3,5,11H,4,6-10H2,1-2H3,(H,15,18)(H,16,17)/b5-3+. The number of allylic oxidation sites excluding steroid dienone is 1. The summed E-state index contributed by atoms with van der Waals surface area (Å²) >= 11 is 0. The highest BCUT2D eigenvalue weighted by Gasteiger charge is 2.40. The molecule has 0 aromatic heterocycles. The molecule has 18 heavy (non-hydrogen) atoms. The molecule has 0 aliphatic heterocycles. The molecule has 0 heterocycles. The molecule has 102 valence electrons. The first-order valence-electron chi connectivity index (χ1n) is 6.70. The van der Waals surface area contributed by atoms with Gasteiger partial charge in [-0.05, 0) is 32.6 Å². The highest BCUT2D eigenvalue weighted by molar-refractivity contribution is 5.87. The fraction of sp³-hybridized carbons (Fsp3) is 0.714. The topological polar surface area (TPSA) is 66.4 Å². The molecule has 1 rings (SSSR count). The Kier molecular flexibility index (Phi) is 5.38. The zero-order valence-electron chi connectivity index (χ0n) is 11.2. The summed E-state index contributed by atoms with van der Waals surface area (Å²) in [5.41, 5.74) is -0.330. The normalized spacial score (nSPS) is 19.9. The molecule has 1 aliphatic rings. The van der Waals surface area contributed by atoms with Gasteiger partial charge in [0.1, 0.15) is 6.04 Å². The maximum atomic E-state index is 12.3. The number of carbonyl (C=O) groups excluding carboxylic acids is 1. The first-order chi connectivity index (χ1) is 8.55. The molecule has 4 heteroatoms. The minimum atomic E-state index is -0.967. The number of hydrogen-bond donors (Lipinski definition) is 2. The Balaban J connectivity index is 2.68. The van der Waals surface area contributed by atoms with E-state index in [2.05, 4.69) is 5.32 Å². The minimum Gasteiger partial charge on any atom is -0.480 e. The highest BCUT2D eigenvalue weighted by Crippen LogP contribution is 2.41. The van der Waals surface area contributed by atoms with E-state index in [9.17, 15) is 9.59 Å². The predicted octanol–water partition coefficient (Wildman–Crippen LogP) is 2.49. The molecular weight excluding hydrogens is 230 g/mol. The van der Waals surface area contributed by atoms with Crippen LogP contribution in [-0.4, -0.2) is 23.0 Å². The summed E-state index contributed by atoms with van der Waals surface area (Å²) < 4.78 is 0. The summed E-state index contributed by atoms with van der Waals surface area (Å²) in [7, 11) is 0. The van der Waals surface area contributed by atoms with Crippen molar-refractivity contribution in [2.24, 2.45) is 5.41 Å². The number of hydrogen-bond acceptors (Lipinski definition) is 2. The van der Waals surface area contributed by atoms with Gasteiger partial charge in [-0.15, -0.1) is 0 Å². The quantitative estimate of drug-likeness (QED) is 0.715. The summed E-state index contributed by atoms with van der Waals surface area (Å²) in [6.45, 7) is 3.85. The third kappa shape index (κ3) is 3.34. The van der Waals surface area contributed by atoms with E-state index in [0.717, 1.165) is 32.1 Å². The maximum absolute atomic E-state index is 12.3. The second-order valence-corrected chi connectivity index (χ2v) is 5.01. The second-order valence-electron chi connectivity index (χ2n) is 5.01. The van der Waals surface area contributed by atoms with E-state index < -0.39 is 12.0 Å². The largest absolute Gasteiger partial charge is 0.480 e. The molecular formula is C14H23NO3. The van der Waals surface area contributed by atoms with Crippen LogP contribution in [0.5, 0.6) is 0 Å². The van der Waals surface area contributed by atoms with Crippen molar-refractivity contribution in [1.82, 2.24) is 5.32 Å². The average Bonchev–Trinajstić information content (AvgIpc) is 2.83. The zero-order valence-corrected chi connectivity index (χ0v) is 11.2. The van der Waals surface area contributed by atoms with Crippen molar-refractivity contribution in [2.75, 3.05) is 0 Å².